The second kappa shape index (κ2) is 6.76. The van der Waals surface area contributed by atoms with Crippen LogP contribution in [0.1, 0.15) is 5.56 Å². The molecule has 2 heterocycles. The van der Waals surface area contributed by atoms with Gasteiger partial charge in [-0.15, -0.1) is 0 Å². The summed E-state index contributed by atoms with van der Waals surface area (Å²) in [5.74, 6) is 0.612. The lowest BCUT2D eigenvalue weighted by molar-refractivity contribution is 0.475. The number of aromatic hydroxyl groups is 1. The van der Waals surface area contributed by atoms with E-state index in [-0.39, 0.29) is 11.6 Å². The molecule has 2 N–H and O–H groups in total. The van der Waals surface area contributed by atoms with Gasteiger partial charge in [0.05, 0.1) is 11.9 Å². The first kappa shape index (κ1) is 16.0. The van der Waals surface area contributed by atoms with E-state index in [0.29, 0.717) is 29.2 Å². The van der Waals surface area contributed by atoms with E-state index in [9.17, 15) is 9.50 Å². The van der Waals surface area contributed by atoms with Gasteiger partial charge in [0.25, 0.3) is 0 Å². The third kappa shape index (κ3) is 3.44. The molecule has 0 fully saturated rings. The summed E-state index contributed by atoms with van der Waals surface area (Å²) >= 11 is 0. The number of benzene rings is 2. The van der Waals surface area contributed by atoms with Crippen LogP contribution in [0.4, 0.5) is 10.2 Å². The highest BCUT2D eigenvalue weighted by atomic mass is 19.1. The van der Waals surface area contributed by atoms with Gasteiger partial charge in [-0.25, -0.2) is 14.4 Å². The van der Waals surface area contributed by atoms with Crippen LogP contribution in [0, 0.1) is 5.82 Å². The van der Waals surface area contributed by atoms with Crippen molar-refractivity contribution < 1.29 is 9.50 Å². The number of aromatic nitrogens is 3. The summed E-state index contributed by atoms with van der Waals surface area (Å²) in [6, 6.07) is 16.8. The van der Waals surface area contributed by atoms with Crippen LogP contribution in [-0.4, -0.2) is 20.1 Å². The molecule has 0 saturated heterocycles. The van der Waals surface area contributed by atoms with Crippen molar-refractivity contribution in [3.8, 4) is 17.0 Å². The fourth-order valence-electron chi connectivity index (χ4n) is 2.56. The van der Waals surface area contributed by atoms with Crippen LogP contribution >= 0.6 is 0 Å². The minimum absolute atomic E-state index is 0.202. The van der Waals surface area contributed by atoms with E-state index < -0.39 is 0 Å². The minimum Gasteiger partial charge on any atom is -0.508 e. The average Bonchev–Trinajstić information content (AvgIpc) is 2.67. The van der Waals surface area contributed by atoms with Crippen molar-refractivity contribution in [2.45, 2.75) is 6.54 Å². The quantitative estimate of drug-likeness (QED) is 0.581. The van der Waals surface area contributed by atoms with Gasteiger partial charge in [0.15, 0.2) is 5.65 Å². The number of phenolic OH excluding ortho intramolecular Hbond substituents is 1. The fourth-order valence-corrected chi connectivity index (χ4v) is 2.56. The third-order valence-electron chi connectivity index (χ3n) is 3.96. The van der Waals surface area contributed by atoms with Gasteiger partial charge < -0.3 is 10.4 Å². The summed E-state index contributed by atoms with van der Waals surface area (Å²) in [7, 11) is 0. The van der Waals surface area contributed by atoms with Gasteiger partial charge in [0.2, 0.25) is 0 Å². The number of halogens is 1. The molecule has 5 nitrogen and oxygen atoms in total. The molecule has 4 aromatic rings. The normalized spacial score (nSPS) is 10.8. The Labute approximate surface area is 149 Å². The van der Waals surface area contributed by atoms with Crippen molar-refractivity contribution in [2.24, 2.45) is 0 Å². The van der Waals surface area contributed by atoms with Crippen LogP contribution in [0.5, 0.6) is 5.75 Å². The van der Waals surface area contributed by atoms with E-state index in [4.69, 9.17) is 0 Å². The molecule has 0 unspecified atom stereocenters. The Morgan fingerprint density at radius 3 is 2.42 bits per heavy atom. The molecule has 0 aliphatic carbocycles. The first-order valence-electron chi connectivity index (χ1n) is 8.09. The molecule has 0 aliphatic rings. The summed E-state index contributed by atoms with van der Waals surface area (Å²) in [6.45, 7) is 0.532. The first-order chi connectivity index (χ1) is 12.7. The number of rotatable bonds is 4. The Morgan fingerprint density at radius 1 is 0.885 bits per heavy atom. The van der Waals surface area contributed by atoms with Crippen molar-refractivity contribution in [1.82, 2.24) is 15.0 Å². The Balaban J connectivity index is 1.58. The molecule has 26 heavy (non-hydrogen) atoms. The SMILES string of the molecule is Oc1ccc(-c2cnc3ccc(NCc4ccc(F)cc4)nc3n2)cc1. The van der Waals surface area contributed by atoms with E-state index in [1.54, 1.807) is 42.6 Å². The summed E-state index contributed by atoms with van der Waals surface area (Å²) in [6.07, 6.45) is 1.68. The summed E-state index contributed by atoms with van der Waals surface area (Å²) in [5.41, 5.74) is 3.71. The van der Waals surface area contributed by atoms with Crippen molar-refractivity contribution >= 4 is 17.0 Å². The smallest absolute Gasteiger partial charge is 0.180 e. The number of nitrogens with one attached hydrogen (secondary N) is 1. The Morgan fingerprint density at radius 2 is 1.65 bits per heavy atom. The number of anilines is 1. The summed E-state index contributed by atoms with van der Waals surface area (Å²) < 4.78 is 13.0. The van der Waals surface area contributed by atoms with Crippen molar-refractivity contribution in [3.63, 3.8) is 0 Å². The van der Waals surface area contributed by atoms with Gasteiger partial charge >= 0.3 is 0 Å². The molecule has 0 spiro atoms. The van der Waals surface area contributed by atoms with Gasteiger partial charge in [0.1, 0.15) is 22.9 Å². The maximum atomic E-state index is 13.0. The van der Waals surface area contributed by atoms with Crippen molar-refractivity contribution in [1.29, 1.82) is 0 Å². The van der Waals surface area contributed by atoms with E-state index >= 15 is 0 Å². The van der Waals surface area contributed by atoms with Crippen LogP contribution in [0.25, 0.3) is 22.4 Å². The van der Waals surface area contributed by atoms with Crippen LogP contribution in [0.15, 0.2) is 66.9 Å². The molecule has 128 valence electrons. The highest BCUT2D eigenvalue weighted by molar-refractivity contribution is 5.75. The number of nitrogens with zero attached hydrogens (tertiary/aromatic N) is 3. The van der Waals surface area contributed by atoms with E-state index in [1.807, 2.05) is 12.1 Å². The van der Waals surface area contributed by atoms with Crippen LogP contribution < -0.4 is 5.32 Å². The summed E-state index contributed by atoms with van der Waals surface area (Å²) in [4.78, 5) is 13.5. The highest BCUT2D eigenvalue weighted by Crippen LogP contribution is 2.21. The van der Waals surface area contributed by atoms with Gasteiger partial charge in [-0.1, -0.05) is 12.1 Å². The van der Waals surface area contributed by atoms with Gasteiger partial charge in [-0.2, -0.15) is 0 Å². The fraction of sp³-hybridized carbons (Fsp3) is 0.0500. The number of pyridine rings is 1. The maximum Gasteiger partial charge on any atom is 0.180 e. The monoisotopic (exact) mass is 346 g/mol. The van der Waals surface area contributed by atoms with E-state index in [2.05, 4.69) is 20.3 Å². The van der Waals surface area contributed by atoms with Crippen LogP contribution in [0.2, 0.25) is 0 Å². The topological polar surface area (TPSA) is 70.9 Å². The molecular weight excluding hydrogens is 331 g/mol. The molecule has 4 rings (SSSR count). The molecule has 0 aliphatic heterocycles. The van der Waals surface area contributed by atoms with Crippen LogP contribution in [0.3, 0.4) is 0 Å². The molecular formula is C20H15FN4O. The molecule has 0 saturated carbocycles. The molecule has 0 bridgehead atoms. The predicted molar refractivity (Wildman–Crippen MR) is 98.2 cm³/mol. The van der Waals surface area contributed by atoms with Gasteiger partial charge in [-0.3, -0.25) is 4.98 Å². The van der Waals surface area contributed by atoms with E-state index in [1.165, 1.54) is 12.1 Å². The lowest BCUT2D eigenvalue weighted by Gasteiger charge is -2.07. The number of hydrogen-bond acceptors (Lipinski definition) is 5. The molecule has 0 amide bonds. The molecule has 0 radical (unpaired) electrons. The molecule has 2 aromatic carbocycles. The average molecular weight is 346 g/mol. The standard InChI is InChI=1S/C20H15FN4O/c21-15-5-1-13(2-6-15)11-23-19-10-9-17-20(25-19)24-18(12-22-17)14-3-7-16(26)8-4-14/h1-10,12,26H,11H2,(H,23,24,25). The van der Waals surface area contributed by atoms with Gasteiger partial charge in [0, 0.05) is 12.1 Å². The minimum atomic E-state index is -0.255. The zero-order chi connectivity index (χ0) is 17.9. The largest absolute Gasteiger partial charge is 0.508 e. The zero-order valence-electron chi connectivity index (χ0n) is 13.7. The third-order valence-corrected chi connectivity index (χ3v) is 3.96. The first-order valence-corrected chi connectivity index (χ1v) is 8.09. The molecule has 2 aromatic heterocycles. The zero-order valence-corrected chi connectivity index (χ0v) is 13.7. The number of hydrogen-bond donors (Lipinski definition) is 2. The lowest BCUT2D eigenvalue weighted by atomic mass is 10.1. The van der Waals surface area contributed by atoms with Crippen molar-refractivity contribution in [3.05, 3.63) is 78.2 Å². The Hall–Kier alpha value is -3.54. The maximum absolute atomic E-state index is 13.0. The number of fused-ring (bicyclic) bond motifs is 1. The lowest BCUT2D eigenvalue weighted by Crippen LogP contribution is -2.02. The molecule has 6 heteroatoms. The summed E-state index contributed by atoms with van der Waals surface area (Å²) in [5, 5.41) is 12.6. The second-order valence-electron chi connectivity index (χ2n) is 5.82. The molecule has 0 atom stereocenters. The Kier molecular flexibility index (Phi) is 4.15. The van der Waals surface area contributed by atoms with Crippen LogP contribution in [-0.2, 0) is 6.54 Å². The Bertz CT molecular complexity index is 1050. The van der Waals surface area contributed by atoms with E-state index in [0.717, 1.165) is 11.1 Å². The predicted octanol–water partition coefficient (Wildman–Crippen LogP) is 4.15. The second-order valence-corrected chi connectivity index (χ2v) is 5.82. The van der Waals surface area contributed by atoms with Gasteiger partial charge in [-0.05, 0) is 54.1 Å². The van der Waals surface area contributed by atoms with Crippen molar-refractivity contribution in [2.75, 3.05) is 5.32 Å². The highest BCUT2D eigenvalue weighted by Gasteiger charge is 2.05. The number of phenols is 1.